The lowest BCUT2D eigenvalue weighted by atomic mass is 10.2. The molecule has 2 amide bonds. The number of fused-ring (bicyclic) bond motifs is 1. The number of imide groups is 1. The molecule has 28 heavy (non-hydrogen) atoms. The van der Waals surface area contributed by atoms with Gasteiger partial charge in [-0.1, -0.05) is 36.4 Å². The highest BCUT2D eigenvalue weighted by atomic mass is 32.2. The predicted octanol–water partition coefficient (Wildman–Crippen LogP) is 4.62. The number of amides is 2. The third-order valence-electron chi connectivity index (χ3n) is 5.09. The summed E-state index contributed by atoms with van der Waals surface area (Å²) in [5.74, 6) is -0.332. The Morgan fingerprint density at radius 3 is 2.75 bits per heavy atom. The fourth-order valence-electron chi connectivity index (χ4n) is 3.43. The average Bonchev–Trinajstić information content (AvgIpc) is 2.89. The summed E-state index contributed by atoms with van der Waals surface area (Å²) < 4.78 is 0. The van der Waals surface area contributed by atoms with Crippen LogP contribution in [0.25, 0.3) is 10.2 Å². The van der Waals surface area contributed by atoms with Crippen molar-refractivity contribution < 1.29 is 9.59 Å². The first-order valence-electron chi connectivity index (χ1n) is 9.34. The van der Waals surface area contributed by atoms with Crippen LogP contribution < -0.4 is 0 Å². The second kappa shape index (κ2) is 8.01. The lowest BCUT2D eigenvalue weighted by molar-refractivity contribution is -0.127. The van der Waals surface area contributed by atoms with E-state index in [0.29, 0.717) is 12.1 Å². The van der Waals surface area contributed by atoms with Crippen molar-refractivity contribution in [3.05, 3.63) is 52.7 Å². The van der Waals surface area contributed by atoms with Crippen molar-refractivity contribution in [1.82, 2.24) is 14.9 Å². The topological polar surface area (TPSA) is 63.2 Å². The maximum absolute atomic E-state index is 13.2. The summed E-state index contributed by atoms with van der Waals surface area (Å²) >= 11 is 3.12. The fraction of sp³-hybridized carbons (Fsp3) is 0.333. The molecule has 0 unspecified atom stereocenters. The molecular weight excluding hydrogens is 390 g/mol. The van der Waals surface area contributed by atoms with Gasteiger partial charge in [0.1, 0.15) is 16.2 Å². The van der Waals surface area contributed by atoms with E-state index in [0.717, 1.165) is 34.5 Å². The van der Waals surface area contributed by atoms with Gasteiger partial charge >= 0.3 is 0 Å². The van der Waals surface area contributed by atoms with Gasteiger partial charge in [0.05, 0.1) is 5.25 Å². The Morgan fingerprint density at radius 1 is 1.18 bits per heavy atom. The van der Waals surface area contributed by atoms with Gasteiger partial charge in [-0.15, -0.1) is 11.3 Å². The van der Waals surface area contributed by atoms with E-state index in [4.69, 9.17) is 0 Å². The molecule has 144 valence electrons. The molecule has 0 N–H and O–H groups in total. The SMILES string of the molecule is Cc1sc2ncnc(S[C@H]3CCCCN(C(=O)c4ccccc4)C3=O)c2c1C. The molecule has 1 atom stereocenters. The smallest absolute Gasteiger partial charge is 0.260 e. The average molecular weight is 412 g/mol. The zero-order valence-electron chi connectivity index (χ0n) is 15.8. The summed E-state index contributed by atoms with van der Waals surface area (Å²) in [7, 11) is 0. The zero-order valence-corrected chi connectivity index (χ0v) is 17.5. The lowest BCUT2D eigenvalue weighted by Gasteiger charge is -2.22. The van der Waals surface area contributed by atoms with Crippen LogP contribution in [0.4, 0.5) is 0 Å². The van der Waals surface area contributed by atoms with Gasteiger partial charge in [-0.3, -0.25) is 14.5 Å². The Balaban J connectivity index is 1.63. The van der Waals surface area contributed by atoms with Crippen LogP contribution in [0.1, 0.15) is 40.1 Å². The van der Waals surface area contributed by atoms with Crippen LogP contribution >= 0.6 is 23.1 Å². The minimum Gasteiger partial charge on any atom is -0.278 e. The maximum Gasteiger partial charge on any atom is 0.260 e. The van der Waals surface area contributed by atoms with E-state index in [-0.39, 0.29) is 17.1 Å². The Labute approximate surface area is 172 Å². The van der Waals surface area contributed by atoms with Gasteiger partial charge in [-0.2, -0.15) is 0 Å². The summed E-state index contributed by atoms with van der Waals surface area (Å²) in [5.41, 5.74) is 1.72. The number of thioether (sulfide) groups is 1. The molecule has 0 saturated carbocycles. The maximum atomic E-state index is 13.2. The number of aryl methyl sites for hydroxylation is 2. The number of thiophene rings is 1. The highest BCUT2D eigenvalue weighted by Gasteiger charge is 2.33. The summed E-state index contributed by atoms with van der Waals surface area (Å²) in [6, 6.07) is 9.02. The quantitative estimate of drug-likeness (QED) is 0.465. The number of hydrogen-bond donors (Lipinski definition) is 0. The molecule has 1 fully saturated rings. The van der Waals surface area contributed by atoms with Crippen LogP contribution in [-0.2, 0) is 4.79 Å². The van der Waals surface area contributed by atoms with Gasteiger partial charge in [0, 0.05) is 22.4 Å². The van der Waals surface area contributed by atoms with Crippen LogP contribution in [0.15, 0.2) is 41.7 Å². The van der Waals surface area contributed by atoms with Crippen LogP contribution in [0, 0.1) is 13.8 Å². The largest absolute Gasteiger partial charge is 0.278 e. The number of benzene rings is 1. The first-order valence-corrected chi connectivity index (χ1v) is 11.0. The molecule has 7 heteroatoms. The van der Waals surface area contributed by atoms with Crippen LogP contribution in [0.5, 0.6) is 0 Å². The Bertz CT molecular complexity index is 1030. The molecule has 1 aliphatic heterocycles. The van der Waals surface area contributed by atoms with Crippen molar-refractivity contribution >= 4 is 45.1 Å². The molecule has 0 aliphatic carbocycles. The first-order chi connectivity index (χ1) is 13.6. The van der Waals surface area contributed by atoms with Crippen molar-refractivity contribution in [3.8, 4) is 0 Å². The van der Waals surface area contributed by atoms with Crippen LogP contribution in [-0.4, -0.2) is 38.5 Å². The standard InChI is InChI=1S/C21H21N3O2S2/c1-13-14(2)27-18-17(13)19(23-12-22-18)28-16-10-6-7-11-24(21(16)26)20(25)15-8-4-3-5-9-15/h3-5,8-9,12,16H,6-7,10-11H2,1-2H3/t16-/m0/s1. The van der Waals surface area contributed by atoms with Crippen LogP contribution in [0.2, 0.25) is 0 Å². The Morgan fingerprint density at radius 2 is 1.96 bits per heavy atom. The second-order valence-corrected chi connectivity index (χ2v) is 9.30. The molecular formula is C21H21N3O2S2. The summed E-state index contributed by atoms with van der Waals surface area (Å²) in [4.78, 5) is 38.6. The van der Waals surface area contributed by atoms with Gasteiger partial charge in [0.25, 0.3) is 5.91 Å². The van der Waals surface area contributed by atoms with E-state index in [1.165, 1.54) is 27.1 Å². The molecule has 3 aromatic rings. The van der Waals surface area contributed by atoms with Gasteiger partial charge in [-0.05, 0) is 44.4 Å². The summed E-state index contributed by atoms with van der Waals surface area (Å²) in [6.45, 7) is 4.62. The molecule has 0 spiro atoms. The lowest BCUT2D eigenvalue weighted by Crippen LogP contribution is -2.41. The van der Waals surface area contributed by atoms with E-state index >= 15 is 0 Å². The highest BCUT2D eigenvalue weighted by molar-refractivity contribution is 8.00. The molecule has 1 aromatic carbocycles. The van der Waals surface area contributed by atoms with Crippen molar-refractivity contribution in [3.63, 3.8) is 0 Å². The number of carbonyl (C=O) groups excluding carboxylic acids is 2. The van der Waals surface area contributed by atoms with E-state index in [1.54, 1.807) is 29.8 Å². The van der Waals surface area contributed by atoms with Gasteiger partial charge < -0.3 is 0 Å². The Hall–Kier alpha value is -2.25. The highest BCUT2D eigenvalue weighted by Crippen LogP contribution is 2.38. The molecule has 4 rings (SSSR count). The summed E-state index contributed by atoms with van der Waals surface area (Å²) in [6.07, 6.45) is 4.05. The number of rotatable bonds is 3. The van der Waals surface area contributed by atoms with E-state index in [9.17, 15) is 9.59 Å². The molecule has 0 bridgehead atoms. The Kier molecular flexibility index (Phi) is 5.46. The second-order valence-electron chi connectivity index (χ2n) is 6.91. The third kappa shape index (κ3) is 3.56. The van der Waals surface area contributed by atoms with Gasteiger partial charge in [-0.25, -0.2) is 9.97 Å². The van der Waals surface area contributed by atoms with Crippen LogP contribution in [0.3, 0.4) is 0 Å². The van der Waals surface area contributed by atoms with E-state index in [2.05, 4.69) is 23.8 Å². The molecule has 3 heterocycles. The molecule has 5 nitrogen and oxygen atoms in total. The zero-order chi connectivity index (χ0) is 19.7. The number of likely N-dealkylation sites (tertiary alicyclic amines) is 1. The van der Waals surface area contributed by atoms with Gasteiger partial charge in [0.15, 0.2) is 0 Å². The van der Waals surface area contributed by atoms with Crippen molar-refractivity contribution in [2.75, 3.05) is 6.54 Å². The normalized spacial score (nSPS) is 17.7. The predicted molar refractivity (Wildman–Crippen MR) is 113 cm³/mol. The third-order valence-corrected chi connectivity index (χ3v) is 7.46. The number of nitrogens with zero attached hydrogens (tertiary/aromatic N) is 3. The van der Waals surface area contributed by atoms with E-state index < -0.39 is 0 Å². The number of hydrogen-bond acceptors (Lipinski definition) is 6. The molecule has 0 radical (unpaired) electrons. The van der Waals surface area contributed by atoms with Gasteiger partial charge in [0.2, 0.25) is 5.91 Å². The number of carbonyl (C=O) groups is 2. The fourth-order valence-corrected chi connectivity index (χ4v) is 5.75. The molecule has 1 saturated heterocycles. The van der Waals surface area contributed by atoms with Crippen molar-refractivity contribution in [1.29, 1.82) is 0 Å². The number of aromatic nitrogens is 2. The molecule has 2 aromatic heterocycles. The minimum absolute atomic E-state index is 0.118. The first kappa shape index (κ1) is 19.1. The molecule has 1 aliphatic rings. The monoisotopic (exact) mass is 411 g/mol. The van der Waals surface area contributed by atoms with Crippen molar-refractivity contribution in [2.24, 2.45) is 0 Å². The minimum atomic E-state index is -0.312. The summed E-state index contributed by atoms with van der Waals surface area (Å²) in [5, 5.41) is 1.56. The van der Waals surface area contributed by atoms with Crippen molar-refractivity contribution in [2.45, 2.75) is 43.4 Å². The van der Waals surface area contributed by atoms with E-state index in [1.807, 2.05) is 18.2 Å².